The normalized spacial score (nSPS) is 15.7. The molecule has 1 amide bonds. The molecule has 1 aliphatic rings. The van der Waals surface area contributed by atoms with Crippen LogP contribution in [0.4, 0.5) is 5.69 Å². The minimum atomic E-state index is -0.313. The molecule has 2 aromatic carbocycles. The number of carbonyl (C=O) groups excluding carboxylic acids is 1. The molecule has 132 valence electrons. The summed E-state index contributed by atoms with van der Waals surface area (Å²) in [6.45, 7) is 0. The second-order valence-electron chi connectivity index (χ2n) is 6.79. The number of carbonyl (C=O) groups is 1. The summed E-state index contributed by atoms with van der Waals surface area (Å²) in [5.74, 6) is -0.164. The third kappa shape index (κ3) is 3.26. The minimum absolute atomic E-state index is 0.164. The van der Waals surface area contributed by atoms with Crippen LogP contribution < -0.4 is 5.32 Å². The molecule has 2 N–H and O–H groups in total. The van der Waals surface area contributed by atoms with Gasteiger partial charge in [0.1, 0.15) is 0 Å². The molecule has 1 heterocycles. The quantitative estimate of drug-likeness (QED) is 0.763. The lowest BCUT2D eigenvalue weighted by molar-refractivity contribution is 0.102. The van der Waals surface area contributed by atoms with Crippen LogP contribution in [0.5, 0.6) is 0 Å². The van der Waals surface area contributed by atoms with E-state index in [2.05, 4.69) is 10.4 Å². The average Bonchev–Trinajstić information content (AvgIpc) is 3.17. The predicted molar refractivity (Wildman–Crippen MR) is 100 cm³/mol. The second-order valence-corrected chi connectivity index (χ2v) is 6.79. The van der Waals surface area contributed by atoms with E-state index in [9.17, 15) is 9.90 Å². The van der Waals surface area contributed by atoms with Crippen LogP contribution in [0, 0.1) is 0 Å². The SMILES string of the molecule is Cn1ncc(C(=O)Nc2ccc3c(c2)CC(O)C3)c1Cc1ccccc1. The Labute approximate surface area is 152 Å². The smallest absolute Gasteiger partial charge is 0.259 e. The van der Waals surface area contributed by atoms with E-state index in [0.29, 0.717) is 24.8 Å². The maximum absolute atomic E-state index is 12.8. The van der Waals surface area contributed by atoms with E-state index >= 15 is 0 Å². The molecule has 0 bridgehead atoms. The highest BCUT2D eigenvalue weighted by atomic mass is 16.3. The lowest BCUT2D eigenvalue weighted by atomic mass is 10.1. The first-order chi connectivity index (χ1) is 12.6. The molecular weight excluding hydrogens is 326 g/mol. The van der Waals surface area contributed by atoms with Gasteiger partial charge < -0.3 is 10.4 Å². The number of fused-ring (bicyclic) bond motifs is 1. The molecule has 4 rings (SSSR count). The number of aliphatic hydroxyl groups is 1. The van der Waals surface area contributed by atoms with Crippen molar-refractivity contribution in [2.24, 2.45) is 7.05 Å². The Hall–Kier alpha value is -2.92. The van der Waals surface area contributed by atoms with Crippen LogP contribution in [-0.4, -0.2) is 26.9 Å². The molecule has 0 saturated carbocycles. The zero-order valence-electron chi connectivity index (χ0n) is 14.6. The Bertz CT molecular complexity index is 947. The number of nitrogens with zero attached hydrogens (tertiary/aromatic N) is 2. The van der Waals surface area contributed by atoms with Gasteiger partial charge in [-0.05, 0) is 41.7 Å². The van der Waals surface area contributed by atoms with Crippen LogP contribution in [0.15, 0.2) is 54.7 Å². The van der Waals surface area contributed by atoms with E-state index in [-0.39, 0.29) is 12.0 Å². The zero-order chi connectivity index (χ0) is 18.1. The van der Waals surface area contributed by atoms with E-state index in [1.54, 1.807) is 10.9 Å². The number of aryl methyl sites for hydroxylation is 1. The number of anilines is 1. The van der Waals surface area contributed by atoms with Crippen LogP contribution in [0.1, 0.15) is 32.7 Å². The molecule has 1 atom stereocenters. The van der Waals surface area contributed by atoms with E-state index in [1.165, 1.54) is 0 Å². The summed E-state index contributed by atoms with van der Waals surface area (Å²) in [5.41, 5.74) is 5.60. The molecule has 5 nitrogen and oxygen atoms in total. The Morgan fingerprint density at radius 2 is 1.96 bits per heavy atom. The molecule has 3 aromatic rings. The molecule has 1 aliphatic carbocycles. The molecule has 26 heavy (non-hydrogen) atoms. The summed E-state index contributed by atoms with van der Waals surface area (Å²) in [6.07, 6.45) is 3.28. The number of benzene rings is 2. The van der Waals surface area contributed by atoms with Crippen molar-refractivity contribution in [2.45, 2.75) is 25.4 Å². The van der Waals surface area contributed by atoms with E-state index in [0.717, 1.165) is 28.1 Å². The predicted octanol–water partition coefficient (Wildman–Crippen LogP) is 2.72. The summed E-state index contributed by atoms with van der Waals surface area (Å²) in [6, 6.07) is 15.9. The van der Waals surface area contributed by atoms with Crippen molar-refractivity contribution in [2.75, 3.05) is 5.32 Å². The standard InChI is InChI=1S/C21H21N3O2/c1-24-20(9-14-5-3-2-4-6-14)19(13-22-24)21(26)23-17-8-7-15-11-18(25)12-16(15)10-17/h2-8,10,13,18,25H,9,11-12H2,1H3,(H,23,26). The highest BCUT2D eigenvalue weighted by Crippen LogP contribution is 2.26. The average molecular weight is 347 g/mol. The van der Waals surface area contributed by atoms with Gasteiger partial charge in [0.25, 0.3) is 5.91 Å². The zero-order valence-corrected chi connectivity index (χ0v) is 14.6. The van der Waals surface area contributed by atoms with Crippen molar-refractivity contribution < 1.29 is 9.90 Å². The Kier molecular flexibility index (Phi) is 4.31. The third-order valence-electron chi connectivity index (χ3n) is 4.90. The van der Waals surface area contributed by atoms with Crippen LogP contribution in [0.25, 0.3) is 0 Å². The molecule has 0 radical (unpaired) electrons. The summed E-state index contributed by atoms with van der Waals surface area (Å²) in [4.78, 5) is 12.8. The number of hydrogen-bond acceptors (Lipinski definition) is 3. The monoisotopic (exact) mass is 347 g/mol. The largest absolute Gasteiger partial charge is 0.392 e. The Balaban J connectivity index is 1.55. The van der Waals surface area contributed by atoms with E-state index in [4.69, 9.17) is 0 Å². The van der Waals surface area contributed by atoms with Crippen LogP contribution in [-0.2, 0) is 26.3 Å². The van der Waals surface area contributed by atoms with Crippen LogP contribution in [0.2, 0.25) is 0 Å². The number of hydrogen-bond donors (Lipinski definition) is 2. The van der Waals surface area contributed by atoms with Crippen molar-refractivity contribution >= 4 is 11.6 Å². The summed E-state index contributed by atoms with van der Waals surface area (Å²) in [5, 5.41) is 17.0. The van der Waals surface area contributed by atoms with Gasteiger partial charge in [0.2, 0.25) is 0 Å². The van der Waals surface area contributed by atoms with Crippen molar-refractivity contribution in [3.8, 4) is 0 Å². The summed E-state index contributed by atoms with van der Waals surface area (Å²) >= 11 is 0. The molecule has 0 fully saturated rings. The molecule has 0 saturated heterocycles. The second kappa shape index (κ2) is 6.77. The maximum Gasteiger partial charge on any atom is 0.259 e. The first kappa shape index (κ1) is 16.5. The topological polar surface area (TPSA) is 67.2 Å². The van der Waals surface area contributed by atoms with Crippen LogP contribution in [0.3, 0.4) is 0 Å². The number of amides is 1. The van der Waals surface area contributed by atoms with E-state index < -0.39 is 0 Å². The Morgan fingerprint density at radius 1 is 1.19 bits per heavy atom. The molecule has 0 aliphatic heterocycles. The van der Waals surface area contributed by atoms with Crippen molar-refractivity contribution in [1.82, 2.24) is 9.78 Å². The first-order valence-electron chi connectivity index (χ1n) is 8.76. The number of nitrogens with one attached hydrogen (secondary N) is 1. The number of rotatable bonds is 4. The van der Waals surface area contributed by atoms with Crippen LogP contribution >= 0.6 is 0 Å². The first-order valence-corrected chi connectivity index (χ1v) is 8.76. The van der Waals surface area contributed by atoms with Crippen molar-refractivity contribution in [3.63, 3.8) is 0 Å². The van der Waals surface area contributed by atoms with Crippen molar-refractivity contribution in [3.05, 3.63) is 82.7 Å². The summed E-state index contributed by atoms with van der Waals surface area (Å²) < 4.78 is 1.75. The third-order valence-corrected chi connectivity index (χ3v) is 4.90. The molecule has 5 heteroatoms. The van der Waals surface area contributed by atoms with Gasteiger partial charge in [-0.1, -0.05) is 36.4 Å². The van der Waals surface area contributed by atoms with Gasteiger partial charge in [0.05, 0.1) is 23.6 Å². The van der Waals surface area contributed by atoms with Gasteiger partial charge in [-0.15, -0.1) is 0 Å². The summed E-state index contributed by atoms with van der Waals surface area (Å²) in [7, 11) is 1.85. The number of aliphatic hydroxyl groups excluding tert-OH is 1. The van der Waals surface area contributed by atoms with Gasteiger partial charge in [-0.25, -0.2) is 0 Å². The fourth-order valence-electron chi connectivity index (χ4n) is 3.52. The lowest BCUT2D eigenvalue weighted by Crippen LogP contribution is -2.14. The van der Waals surface area contributed by atoms with Gasteiger partial charge in [-0.3, -0.25) is 9.48 Å². The number of aromatic nitrogens is 2. The fraction of sp³-hybridized carbons (Fsp3) is 0.238. The Morgan fingerprint density at radius 3 is 2.77 bits per heavy atom. The van der Waals surface area contributed by atoms with Gasteiger partial charge >= 0.3 is 0 Å². The minimum Gasteiger partial charge on any atom is -0.392 e. The fourth-order valence-corrected chi connectivity index (χ4v) is 3.52. The maximum atomic E-state index is 12.8. The van der Waals surface area contributed by atoms with Gasteiger partial charge in [-0.2, -0.15) is 5.10 Å². The van der Waals surface area contributed by atoms with E-state index in [1.807, 2.05) is 55.6 Å². The molecule has 0 spiro atoms. The van der Waals surface area contributed by atoms with Gasteiger partial charge in [0, 0.05) is 19.2 Å². The van der Waals surface area contributed by atoms with Crippen molar-refractivity contribution in [1.29, 1.82) is 0 Å². The van der Waals surface area contributed by atoms with Gasteiger partial charge in [0.15, 0.2) is 0 Å². The lowest BCUT2D eigenvalue weighted by Gasteiger charge is -2.09. The highest BCUT2D eigenvalue weighted by Gasteiger charge is 2.21. The molecular formula is C21H21N3O2. The molecule has 1 aromatic heterocycles. The highest BCUT2D eigenvalue weighted by molar-refractivity contribution is 6.05. The molecule has 1 unspecified atom stereocenters.